The molecule has 2 rings (SSSR count). The molecular formula is C17H25BrN2O. The molecule has 116 valence electrons. The van der Waals surface area contributed by atoms with E-state index in [1.165, 1.54) is 30.5 Å². The van der Waals surface area contributed by atoms with E-state index in [2.05, 4.69) is 45.1 Å². The molecule has 21 heavy (non-hydrogen) atoms. The third kappa shape index (κ3) is 4.47. The normalized spacial score (nSPS) is 15.9. The number of carbonyl (C=O) groups excluding carboxylic acids is 1. The minimum atomic E-state index is -0.504. The highest BCUT2D eigenvalue weighted by Crippen LogP contribution is 2.22. The van der Waals surface area contributed by atoms with Gasteiger partial charge in [-0.05, 0) is 50.8 Å². The van der Waals surface area contributed by atoms with Crippen molar-refractivity contribution in [3.05, 3.63) is 29.8 Å². The van der Waals surface area contributed by atoms with Gasteiger partial charge in [-0.1, -0.05) is 28.1 Å². The van der Waals surface area contributed by atoms with E-state index in [9.17, 15) is 4.79 Å². The van der Waals surface area contributed by atoms with E-state index in [0.29, 0.717) is 6.54 Å². The molecule has 4 heteroatoms. The van der Waals surface area contributed by atoms with Crippen LogP contribution in [-0.4, -0.2) is 35.3 Å². The Labute approximate surface area is 136 Å². The molecule has 1 fully saturated rings. The van der Waals surface area contributed by atoms with Crippen LogP contribution >= 0.6 is 15.9 Å². The van der Waals surface area contributed by atoms with Crippen molar-refractivity contribution in [2.24, 2.45) is 0 Å². The van der Waals surface area contributed by atoms with Crippen LogP contribution in [0.4, 0.5) is 5.69 Å². The lowest BCUT2D eigenvalue weighted by Crippen LogP contribution is -2.38. The fraction of sp³-hybridized carbons (Fsp3) is 0.588. The number of rotatable bonds is 4. The molecule has 0 spiro atoms. The number of nitrogens with zero attached hydrogens (tertiary/aromatic N) is 2. The van der Waals surface area contributed by atoms with Gasteiger partial charge in [-0.2, -0.15) is 0 Å². The Kier molecular flexibility index (Phi) is 5.31. The summed E-state index contributed by atoms with van der Waals surface area (Å²) in [5.74, 6) is 0.0996. The van der Waals surface area contributed by atoms with Crippen molar-refractivity contribution in [3.63, 3.8) is 0 Å². The number of carbonyl (C=O) groups is 1. The van der Waals surface area contributed by atoms with Gasteiger partial charge in [-0.15, -0.1) is 0 Å². The minimum Gasteiger partial charge on any atom is -0.372 e. The summed E-state index contributed by atoms with van der Waals surface area (Å²) >= 11 is 3.42. The highest BCUT2D eigenvalue weighted by molar-refractivity contribution is 9.10. The van der Waals surface area contributed by atoms with E-state index < -0.39 is 4.32 Å². The molecule has 0 unspecified atom stereocenters. The van der Waals surface area contributed by atoms with Crippen LogP contribution < -0.4 is 4.90 Å². The van der Waals surface area contributed by atoms with Gasteiger partial charge in [0.2, 0.25) is 5.91 Å². The van der Waals surface area contributed by atoms with Gasteiger partial charge in [-0.25, -0.2) is 0 Å². The number of hydrogen-bond acceptors (Lipinski definition) is 2. The topological polar surface area (TPSA) is 23.6 Å². The van der Waals surface area contributed by atoms with Crippen molar-refractivity contribution < 1.29 is 4.79 Å². The Morgan fingerprint density at radius 2 is 1.76 bits per heavy atom. The maximum absolute atomic E-state index is 12.2. The van der Waals surface area contributed by atoms with E-state index in [0.717, 1.165) is 13.1 Å². The predicted molar refractivity (Wildman–Crippen MR) is 92.0 cm³/mol. The molecule has 1 aromatic rings. The van der Waals surface area contributed by atoms with Gasteiger partial charge in [0.25, 0.3) is 0 Å². The monoisotopic (exact) mass is 352 g/mol. The molecule has 0 saturated carbocycles. The highest BCUT2D eigenvalue weighted by Gasteiger charge is 2.26. The van der Waals surface area contributed by atoms with Gasteiger partial charge in [-0.3, -0.25) is 4.79 Å². The molecule has 1 aliphatic rings. The molecule has 1 heterocycles. The van der Waals surface area contributed by atoms with Crippen molar-refractivity contribution in [1.29, 1.82) is 0 Å². The van der Waals surface area contributed by atoms with Crippen molar-refractivity contribution in [2.45, 2.75) is 44.0 Å². The van der Waals surface area contributed by atoms with Crippen molar-refractivity contribution in [2.75, 3.05) is 25.0 Å². The summed E-state index contributed by atoms with van der Waals surface area (Å²) in [6.45, 7) is 6.73. The summed E-state index contributed by atoms with van der Waals surface area (Å²) in [5.41, 5.74) is 2.47. The molecule has 3 nitrogen and oxygen atoms in total. The molecular weight excluding hydrogens is 328 g/mol. The SMILES string of the molecule is CN(Cc1ccc(N2CCCCC2)cc1)C(=O)C(C)(C)Br. The van der Waals surface area contributed by atoms with Crippen LogP contribution in [0.15, 0.2) is 24.3 Å². The van der Waals surface area contributed by atoms with E-state index in [-0.39, 0.29) is 5.91 Å². The number of hydrogen-bond donors (Lipinski definition) is 0. The minimum absolute atomic E-state index is 0.0996. The number of anilines is 1. The maximum atomic E-state index is 12.2. The summed E-state index contributed by atoms with van der Waals surface area (Å²) in [6.07, 6.45) is 3.93. The Bertz CT molecular complexity index is 473. The predicted octanol–water partition coefficient (Wildman–Crippen LogP) is 3.81. The Morgan fingerprint density at radius 1 is 1.19 bits per heavy atom. The first-order valence-corrected chi connectivity index (χ1v) is 8.45. The summed E-state index contributed by atoms with van der Waals surface area (Å²) < 4.78 is -0.504. The molecule has 1 saturated heterocycles. The second-order valence-electron chi connectivity index (χ2n) is 6.35. The fourth-order valence-electron chi connectivity index (χ4n) is 2.76. The maximum Gasteiger partial charge on any atom is 0.238 e. The molecule has 1 aromatic carbocycles. The van der Waals surface area contributed by atoms with Crippen LogP contribution in [0.1, 0.15) is 38.7 Å². The van der Waals surface area contributed by atoms with Crippen LogP contribution in [0, 0.1) is 0 Å². The zero-order chi connectivity index (χ0) is 15.5. The Morgan fingerprint density at radius 3 is 2.29 bits per heavy atom. The molecule has 0 aromatic heterocycles. The van der Waals surface area contributed by atoms with Gasteiger partial charge < -0.3 is 9.80 Å². The molecule has 1 amide bonds. The van der Waals surface area contributed by atoms with Gasteiger partial charge >= 0.3 is 0 Å². The zero-order valence-corrected chi connectivity index (χ0v) is 14.8. The standard InChI is InChI=1S/C17H25BrN2O/c1-17(2,18)16(21)19(3)13-14-7-9-15(10-8-14)20-11-5-4-6-12-20/h7-10H,4-6,11-13H2,1-3H3. The van der Waals surface area contributed by atoms with Crippen LogP contribution in [0.5, 0.6) is 0 Å². The largest absolute Gasteiger partial charge is 0.372 e. The second kappa shape index (κ2) is 6.82. The van der Waals surface area contributed by atoms with Crippen LogP contribution in [-0.2, 0) is 11.3 Å². The van der Waals surface area contributed by atoms with Crippen LogP contribution in [0.2, 0.25) is 0 Å². The zero-order valence-electron chi connectivity index (χ0n) is 13.2. The van der Waals surface area contributed by atoms with Crippen LogP contribution in [0.3, 0.4) is 0 Å². The quantitative estimate of drug-likeness (QED) is 0.769. The third-order valence-corrected chi connectivity index (χ3v) is 4.27. The average molecular weight is 353 g/mol. The first kappa shape index (κ1) is 16.3. The Hall–Kier alpha value is -1.03. The lowest BCUT2D eigenvalue weighted by molar-refractivity contribution is -0.131. The average Bonchev–Trinajstić information content (AvgIpc) is 2.47. The highest BCUT2D eigenvalue weighted by atomic mass is 79.9. The number of benzene rings is 1. The number of alkyl halides is 1. The van der Waals surface area contributed by atoms with E-state index in [1.807, 2.05) is 20.9 Å². The number of halogens is 1. The van der Waals surface area contributed by atoms with Gasteiger partial charge in [0.1, 0.15) is 0 Å². The van der Waals surface area contributed by atoms with E-state index >= 15 is 0 Å². The van der Waals surface area contributed by atoms with Gasteiger partial charge in [0.15, 0.2) is 0 Å². The smallest absolute Gasteiger partial charge is 0.238 e. The van der Waals surface area contributed by atoms with Gasteiger partial charge in [0, 0.05) is 32.4 Å². The lowest BCUT2D eigenvalue weighted by atomic mass is 10.1. The molecule has 0 atom stereocenters. The number of amides is 1. The first-order chi connectivity index (χ1) is 9.88. The summed E-state index contributed by atoms with van der Waals surface area (Å²) in [5, 5.41) is 0. The van der Waals surface area contributed by atoms with Crippen molar-refractivity contribution in [3.8, 4) is 0 Å². The molecule has 0 aliphatic carbocycles. The molecule has 0 N–H and O–H groups in total. The molecule has 0 radical (unpaired) electrons. The van der Waals surface area contributed by atoms with Gasteiger partial charge in [0.05, 0.1) is 4.32 Å². The van der Waals surface area contributed by atoms with Crippen molar-refractivity contribution in [1.82, 2.24) is 4.90 Å². The van der Waals surface area contributed by atoms with Crippen molar-refractivity contribution >= 4 is 27.5 Å². The summed E-state index contributed by atoms with van der Waals surface area (Å²) in [6, 6.07) is 8.63. The van der Waals surface area contributed by atoms with E-state index in [4.69, 9.17) is 0 Å². The second-order valence-corrected chi connectivity index (χ2v) is 8.33. The first-order valence-electron chi connectivity index (χ1n) is 7.66. The molecule has 0 bridgehead atoms. The third-order valence-electron chi connectivity index (χ3n) is 3.93. The summed E-state index contributed by atoms with van der Waals surface area (Å²) in [4.78, 5) is 16.4. The lowest BCUT2D eigenvalue weighted by Gasteiger charge is -2.29. The Balaban J connectivity index is 1.97. The fourth-order valence-corrected chi connectivity index (χ4v) is 3.07. The van der Waals surface area contributed by atoms with Crippen LogP contribution in [0.25, 0.3) is 0 Å². The number of piperidine rings is 1. The summed E-state index contributed by atoms with van der Waals surface area (Å²) in [7, 11) is 1.85. The van der Waals surface area contributed by atoms with E-state index in [1.54, 1.807) is 4.90 Å². The molecule has 1 aliphatic heterocycles.